The fourth-order valence-corrected chi connectivity index (χ4v) is 2.39. The first-order valence-electron chi connectivity index (χ1n) is 7.07. The Hall–Kier alpha value is -2.30. The minimum atomic E-state index is -0.853. The van der Waals surface area contributed by atoms with Crippen LogP contribution in [0.4, 0.5) is 10.5 Å². The third-order valence-electron chi connectivity index (χ3n) is 3.62. The van der Waals surface area contributed by atoms with Gasteiger partial charge in [0.1, 0.15) is 0 Å². The van der Waals surface area contributed by atoms with E-state index in [0.29, 0.717) is 13.0 Å². The molecule has 0 aromatic heterocycles. The number of carbonyl (C=O) groups is 2. The van der Waals surface area contributed by atoms with Gasteiger partial charge in [-0.15, -0.1) is 0 Å². The van der Waals surface area contributed by atoms with Gasteiger partial charge in [0.25, 0.3) is 0 Å². The average molecular weight is 288 g/mol. The molecule has 1 aromatic carbocycles. The molecule has 0 saturated heterocycles. The van der Waals surface area contributed by atoms with E-state index >= 15 is 0 Å². The number of urea groups is 1. The molecule has 0 saturated carbocycles. The first kappa shape index (κ1) is 15.1. The second kappa shape index (κ2) is 6.43. The lowest BCUT2D eigenvalue weighted by Crippen LogP contribution is -2.44. The second-order valence-electron chi connectivity index (χ2n) is 5.20. The van der Waals surface area contributed by atoms with Crippen LogP contribution >= 0.6 is 0 Å². The maximum Gasteiger partial charge on any atom is 0.322 e. The predicted molar refractivity (Wildman–Crippen MR) is 81.4 cm³/mol. The van der Waals surface area contributed by atoms with Gasteiger partial charge in [0.05, 0.1) is 12.0 Å². The van der Waals surface area contributed by atoms with Crippen LogP contribution in [0.5, 0.6) is 0 Å². The first-order valence-corrected chi connectivity index (χ1v) is 7.07. The Morgan fingerprint density at radius 1 is 1.29 bits per heavy atom. The molecule has 0 bridgehead atoms. The summed E-state index contributed by atoms with van der Waals surface area (Å²) in [6.45, 7) is 4.45. The number of carboxylic acids is 1. The van der Waals surface area contributed by atoms with Gasteiger partial charge in [0.15, 0.2) is 0 Å². The molecule has 1 aliphatic rings. The van der Waals surface area contributed by atoms with Crippen LogP contribution in [-0.4, -0.2) is 29.7 Å². The van der Waals surface area contributed by atoms with Crippen molar-refractivity contribution in [3.8, 4) is 0 Å². The van der Waals surface area contributed by atoms with Crippen molar-refractivity contribution in [1.29, 1.82) is 0 Å². The molecule has 5 heteroatoms. The lowest BCUT2D eigenvalue weighted by Gasteiger charge is -2.23. The van der Waals surface area contributed by atoms with E-state index in [0.717, 1.165) is 11.3 Å². The smallest absolute Gasteiger partial charge is 0.322 e. The molecule has 2 unspecified atom stereocenters. The van der Waals surface area contributed by atoms with Crippen LogP contribution in [0.2, 0.25) is 0 Å². The van der Waals surface area contributed by atoms with E-state index in [4.69, 9.17) is 5.11 Å². The maximum atomic E-state index is 12.3. The maximum absolute atomic E-state index is 12.3. The van der Waals surface area contributed by atoms with Crippen LogP contribution in [0, 0.1) is 12.8 Å². The van der Waals surface area contributed by atoms with Gasteiger partial charge in [-0.3, -0.25) is 9.69 Å². The minimum absolute atomic E-state index is 0.206. The Bertz CT molecular complexity index is 551. The van der Waals surface area contributed by atoms with E-state index in [1.54, 1.807) is 17.1 Å². The van der Waals surface area contributed by atoms with Crippen LogP contribution < -0.4 is 10.2 Å². The predicted octanol–water partition coefficient (Wildman–Crippen LogP) is 2.56. The van der Waals surface area contributed by atoms with Crippen molar-refractivity contribution < 1.29 is 14.7 Å². The molecule has 2 rings (SSSR count). The lowest BCUT2D eigenvalue weighted by molar-refractivity contribution is -0.140. The molecule has 1 aromatic rings. The highest BCUT2D eigenvalue weighted by Gasteiger charge is 2.26. The number of anilines is 1. The summed E-state index contributed by atoms with van der Waals surface area (Å²) in [7, 11) is 0. The SMILES string of the molecule is CCN(C(=O)NC1C=CC(C(=O)O)C1)c1ccc(C)cc1. The Balaban J connectivity index is 2.00. The molecule has 0 spiro atoms. The van der Waals surface area contributed by atoms with Crippen LogP contribution in [0.1, 0.15) is 18.9 Å². The molecule has 2 amide bonds. The standard InChI is InChI=1S/C16H20N2O3/c1-3-18(14-8-4-11(2)5-9-14)16(21)17-13-7-6-12(10-13)15(19)20/h4-9,12-13H,3,10H2,1-2H3,(H,17,21)(H,19,20). The lowest BCUT2D eigenvalue weighted by atomic mass is 10.1. The summed E-state index contributed by atoms with van der Waals surface area (Å²) < 4.78 is 0. The monoisotopic (exact) mass is 288 g/mol. The van der Waals surface area contributed by atoms with Crippen LogP contribution in [0.3, 0.4) is 0 Å². The van der Waals surface area contributed by atoms with Crippen molar-refractivity contribution in [3.05, 3.63) is 42.0 Å². The number of carbonyl (C=O) groups excluding carboxylic acids is 1. The first-order chi connectivity index (χ1) is 10.0. The quantitative estimate of drug-likeness (QED) is 0.837. The molecular weight excluding hydrogens is 268 g/mol. The van der Waals surface area contributed by atoms with Crippen molar-refractivity contribution in [2.75, 3.05) is 11.4 Å². The van der Waals surface area contributed by atoms with E-state index < -0.39 is 11.9 Å². The highest BCUT2D eigenvalue weighted by Crippen LogP contribution is 2.19. The second-order valence-corrected chi connectivity index (χ2v) is 5.20. The number of rotatable bonds is 4. The number of carboxylic acid groups (broad SMARTS) is 1. The van der Waals surface area contributed by atoms with E-state index in [1.807, 2.05) is 38.1 Å². The zero-order valence-electron chi connectivity index (χ0n) is 12.2. The van der Waals surface area contributed by atoms with Gasteiger partial charge in [0, 0.05) is 12.2 Å². The molecule has 2 N–H and O–H groups in total. The van der Waals surface area contributed by atoms with Crippen molar-refractivity contribution in [2.24, 2.45) is 5.92 Å². The summed E-state index contributed by atoms with van der Waals surface area (Å²) >= 11 is 0. The molecule has 0 fully saturated rings. The highest BCUT2D eigenvalue weighted by molar-refractivity contribution is 5.92. The van der Waals surface area contributed by atoms with Crippen LogP contribution in [0.15, 0.2) is 36.4 Å². The Morgan fingerprint density at radius 3 is 2.48 bits per heavy atom. The molecule has 21 heavy (non-hydrogen) atoms. The number of nitrogens with zero attached hydrogens (tertiary/aromatic N) is 1. The van der Waals surface area contributed by atoms with E-state index in [1.165, 1.54) is 0 Å². The molecule has 0 aliphatic heterocycles. The number of amides is 2. The van der Waals surface area contributed by atoms with Crippen molar-refractivity contribution in [3.63, 3.8) is 0 Å². The van der Waals surface area contributed by atoms with Crippen molar-refractivity contribution in [2.45, 2.75) is 26.3 Å². The van der Waals surface area contributed by atoms with Gasteiger partial charge in [-0.1, -0.05) is 29.8 Å². The van der Waals surface area contributed by atoms with E-state index in [2.05, 4.69) is 5.32 Å². The molecule has 112 valence electrons. The molecule has 2 atom stereocenters. The fourth-order valence-electron chi connectivity index (χ4n) is 2.39. The zero-order valence-corrected chi connectivity index (χ0v) is 12.2. The van der Waals surface area contributed by atoms with Crippen molar-refractivity contribution in [1.82, 2.24) is 5.32 Å². The topological polar surface area (TPSA) is 69.6 Å². The summed E-state index contributed by atoms with van der Waals surface area (Å²) in [5, 5.41) is 11.8. The summed E-state index contributed by atoms with van der Waals surface area (Å²) in [5.74, 6) is -1.36. The minimum Gasteiger partial charge on any atom is -0.481 e. The number of nitrogens with one attached hydrogen (secondary N) is 1. The Morgan fingerprint density at radius 2 is 1.95 bits per heavy atom. The van der Waals surface area contributed by atoms with Gasteiger partial charge in [0.2, 0.25) is 0 Å². The number of aryl methyl sites for hydroxylation is 1. The Kier molecular flexibility index (Phi) is 4.62. The number of benzene rings is 1. The summed E-state index contributed by atoms with van der Waals surface area (Å²) in [6.07, 6.45) is 3.79. The third-order valence-corrected chi connectivity index (χ3v) is 3.62. The van der Waals surface area contributed by atoms with Gasteiger partial charge in [-0.2, -0.15) is 0 Å². The van der Waals surface area contributed by atoms with E-state index in [-0.39, 0.29) is 12.1 Å². The summed E-state index contributed by atoms with van der Waals surface area (Å²) in [4.78, 5) is 24.9. The molecule has 0 heterocycles. The Labute approximate surface area is 124 Å². The van der Waals surface area contributed by atoms with Gasteiger partial charge in [-0.25, -0.2) is 4.79 Å². The largest absolute Gasteiger partial charge is 0.481 e. The van der Waals surface area contributed by atoms with Crippen LogP contribution in [0.25, 0.3) is 0 Å². The van der Waals surface area contributed by atoms with E-state index in [9.17, 15) is 9.59 Å². The number of hydrogen-bond acceptors (Lipinski definition) is 2. The number of hydrogen-bond donors (Lipinski definition) is 2. The van der Waals surface area contributed by atoms with Gasteiger partial charge >= 0.3 is 12.0 Å². The number of aliphatic carboxylic acids is 1. The van der Waals surface area contributed by atoms with Crippen LogP contribution in [-0.2, 0) is 4.79 Å². The third kappa shape index (κ3) is 3.62. The molecule has 1 aliphatic carbocycles. The summed E-state index contributed by atoms with van der Waals surface area (Å²) in [6, 6.07) is 7.30. The highest BCUT2D eigenvalue weighted by atomic mass is 16.4. The van der Waals surface area contributed by atoms with Crippen molar-refractivity contribution >= 4 is 17.7 Å². The average Bonchev–Trinajstić information content (AvgIpc) is 2.90. The normalized spacial score (nSPS) is 20.3. The fraction of sp³-hybridized carbons (Fsp3) is 0.375. The molecule has 0 radical (unpaired) electrons. The van der Waals surface area contributed by atoms with Gasteiger partial charge < -0.3 is 10.4 Å². The molecule has 5 nitrogen and oxygen atoms in total. The summed E-state index contributed by atoms with van der Waals surface area (Å²) in [5.41, 5.74) is 1.97. The zero-order chi connectivity index (χ0) is 15.4. The molecular formula is C16H20N2O3. The van der Waals surface area contributed by atoms with Gasteiger partial charge in [-0.05, 0) is 32.4 Å².